The molecule has 110 valence electrons. The van der Waals surface area contributed by atoms with E-state index in [4.69, 9.17) is 11.5 Å². The molecule has 0 aromatic heterocycles. The number of sulfonamides is 1. The Morgan fingerprint density at radius 3 is 2.70 bits per heavy atom. The number of anilines is 1. The summed E-state index contributed by atoms with van der Waals surface area (Å²) in [6, 6.07) is 1.22. The molecule has 8 heteroatoms. The minimum Gasteiger partial charge on any atom is -0.398 e. The fourth-order valence-corrected chi connectivity index (χ4v) is 4.05. The van der Waals surface area contributed by atoms with E-state index in [1.165, 1.54) is 0 Å². The number of carbonyl (C=O) groups excluding carboxylic acids is 1. The van der Waals surface area contributed by atoms with E-state index in [0.717, 1.165) is 16.4 Å². The quantitative estimate of drug-likeness (QED) is 0.786. The normalized spacial score (nSPS) is 20.2. The van der Waals surface area contributed by atoms with Crippen LogP contribution in [-0.2, 0) is 14.8 Å². The average Bonchev–Trinajstić information content (AvgIpc) is 2.83. The van der Waals surface area contributed by atoms with Gasteiger partial charge in [0.2, 0.25) is 15.9 Å². The maximum absolute atomic E-state index is 13.9. The first-order chi connectivity index (χ1) is 9.25. The molecule has 1 atom stereocenters. The number of amides is 1. The second-order valence-corrected chi connectivity index (χ2v) is 6.67. The second kappa shape index (κ2) is 5.02. The minimum absolute atomic E-state index is 0.142. The molecule has 0 radical (unpaired) electrons. The third kappa shape index (κ3) is 2.36. The van der Waals surface area contributed by atoms with E-state index in [0.29, 0.717) is 18.4 Å². The van der Waals surface area contributed by atoms with Crippen molar-refractivity contribution in [2.45, 2.75) is 30.7 Å². The molecular weight excluding hydrogens is 285 g/mol. The topological polar surface area (TPSA) is 106 Å². The Balaban J connectivity index is 2.50. The molecule has 1 aliphatic heterocycles. The van der Waals surface area contributed by atoms with Crippen LogP contribution in [0.25, 0.3) is 0 Å². The third-order valence-corrected chi connectivity index (χ3v) is 5.36. The molecule has 1 saturated heterocycles. The van der Waals surface area contributed by atoms with Gasteiger partial charge in [0.1, 0.15) is 16.8 Å². The molecule has 1 unspecified atom stereocenters. The number of aryl methyl sites for hydroxylation is 1. The number of benzene rings is 1. The van der Waals surface area contributed by atoms with E-state index >= 15 is 0 Å². The van der Waals surface area contributed by atoms with E-state index in [1.807, 2.05) is 0 Å². The number of hydrogen-bond acceptors (Lipinski definition) is 4. The second-order valence-electron chi connectivity index (χ2n) is 4.82. The monoisotopic (exact) mass is 301 g/mol. The summed E-state index contributed by atoms with van der Waals surface area (Å²) in [6.45, 7) is 1.72. The highest BCUT2D eigenvalue weighted by Crippen LogP contribution is 2.29. The van der Waals surface area contributed by atoms with Crippen LogP contribution in [0.2, 0.25) is 0 Å². The van der Waals surface area contributed by atoms with Gasteiger partial charge in [-0.05, 0) is 37.5 Å². The Morgan fingerprint density at radius 2 is 2.10 bits per heavy atom. The van der Waals surface area contributed by atoms with E-state index in [9.17, 15) is 17.6 Å². The highest BCUT2D eigenvalue weighted by atomic mass is 32.2. The number of nitrogens with two attached hydrogens (primary N) is 2. The van der Waals surface area contributed by atoms with Crippen LogP contribution in [0, 0.1) is 12.7 Å². The van der Waals surface area contributed by atoms with Crippen molar-refractivity contribution in [3.63, 3.8) is 0 Å². The van der Waals surface area contributed by atoms with Gasteiger partial charge >= 0.3 is 0 Å². The van der Waals surface area contributed by atoms with Crippen LogP contribution in [0.5, 0.6) is 0 Å². The van der Waals surface area contributed by atoms with Gasteiger partial charge in [0.25, 0.3) is 0 Å². The van der Waals surface area contributed by atoms with Gasteiger partial charge in [-0.2, -0.15) is 4.31 Å². The number of primary amides is 1. The first kappa shape index (κ1) is 14.7. The van der Waals surface area contributed by atoms with Crippen LogP contribution < -0.4 is 11.5 Å². The zero-order valence-corrected chi connectivity index (χ0v) is 11.8. The van der Waals surface area contributed by atoms with Crippen molar-refractivity contribution in [3.05, 3.63) is 23.5 Å². The minimum atomic E-state index is -4.13. The van der Waals surface area contributed by atoms with Gasteiger partial charge < -0.3 is 11.5 Å². The zero-order valence-electron chi connectivity index (χ0n) is 11.0. The summed E-state index contributed by atoms with van der Waals surface area (Å²) < 4.78 is 39.8. The van der Waals surface area contributed by atoms with Gasteiger partial charge in [0.05, 0.1) is 0 Å². The van der Waals surface area contributed by atoms with Crippen molar-refractivity contribution in [1.82, 2.24) is 4.31 Å². The number of hydrogen-bond donors (Lipinski definition) is 2. The van der Waals surface area contributed by atoms with Crippen molar-refractivity contribution in [2.75, 3.05) is 12.3 Å². The molecule has 1 amide bonds. The number of nitrogens with zero attached hydrogens (tertiary/aromatic N) is 1. The van der Waals surface area contributed by atoms with Crippen LogP contribution in [-0.4, -0.2) is 31.2 Å². The highest BCUT2D eigenvalue weighted by Gasteiger charge is 2.39. The van der Waals surface area contributed by atoms with Crippen LogP contribution in [0.4, 0.5) is 10.1 Å². The Bertz CT molecular complexity index is 660. The number of carbonyl (C=O) groups is 1. The first-order valence-electron chi connectivity index (χ1n) is 6.12. The van der Waals surface area contributed by atoms with Crippen LogP contribution in [0.1, 0.15) is 18.4 Å². The van der Waals surface area contributed by atoms with Gasteiger partial charge in [-0.1, -0.05) is 0 Å². The fourth-order valence-electron chi connectivity index (χ4n) is 2.30. The van der Waals surface area contributed by atoms with Crippen molar-refractivity contribution in [1.29, 1.82) is 0 Å². The maximum atomic E-state index is 13.9. The predicted molar refractivity (Wildman–Crippen MR) is 71.7 cm³/mol. The predicted octanol–water partition coefficient (Wildman–Crippen LogP) is 0.355. The molecule has 20 heavy (non-hydrogen) atoms. The number of nitrogen functional groups attached to an aromatic ring is 1. The number of halogens is 1. The largest absolute Gasteiger partial charge is 0.398 e. The Hall–Kier alpha value is -1.67. The molecular formula is C12H16FN3O3S. The summed E-state index contributed by atoms with van der Waals surface area (Å²) in [5, 5.41) is 0. The van der Waals surface area contributed by atoms with E-state index in [2.05, 4.69) is 0 Å². The lowest BCUT2D eigenvalue weighted by molar-refractivity contribution is -0.121. The molecule has 2 rings (SSSR count). The summed E-state index contributed by atoms with van der Waals surface area (Å²) >= 11 is 0. The molecule has 0 bridgehead atoms. The van der Waals surface area contributed by atoms with E-state index < -0.39 is 32.7 Å². The molecule has 1 aromatic rings. The lowest BCUT2D eigenvalue weighted by Gasteiger charge is -2.22. The van der Waals surface area contributed by atoms with Gasteiger partial charge in [-0.15, -0.1) is 0 Å². The summed E-state index contributed by atoms with van der Waals surface area (Å²) in [4.78, 5) is 10.8. The first-order valence-corrected chi connectivity index (χ1v) is 7.56. The SMILES string of the molecule is Cc1cc(F)c(S(=O)(=O)N2CCCC2C(N)=O)cc1N. The van der Waals surface area contributed by atoms with Crippen molar-refractivity contribution in [3.8, 4) is 0 Å². The lowest BCUT2D eigenvalue weighted by atomic mass is 10.2. The molecule has 1 fully saturated rings. The van der Waals surface area contributed by atoms with Crippen LogP contribution >= 0.6 is 0 Å². The molecule has 6 nitrogen and oxygen atoms in total. The summed E-state index contributed by atoms with van der Waals surface area (Å²) in [6.07, 6.45) is 0.854. The summed E-state index contributed by atoms with van der Waals surface area (Å²) in [5.74, 6) is -1.61. The van der Waals surface area contributed by atoms with E-state index in [-0.39, 0.29) is 12.2 Å². The Morgan fingerprint density at radius 1 is 1.45 bits per heavy atom. The average molecular weight is 301 g/mol. The maximum Gasteiger partial charge on any atom is 0.246 e. The lowest BCUT2D eigenvalue weighted by Crippen LogP contribution is -2.43. The van der Waals surface area contributed by atoms with Gasteiger partial charge in [-0.25, -0.2) is 12.8 Å². The molecule has 1 heterocycles. The highest BCUT2D eigenvalue weighted by molar-refractivity contribution is 7.89. The van der Waals surface area contributed by atoms with Gasteiger partial charge in [0, 0.05) is 12.2 Å². The summed E-state index contributed by atoms with van der Waals surface area (Å²) in [7, 11) is -4.13. The summed E-state index contributed by atoms with van der Waals surface area (Å²) in [5.41, 5.74) is 11.5. The van der Waals surface area contributed by atoms with Crippen molar-refractivity contribution < 1.29 is 17.6 Å². The Labute approximate surface area is 116 Å². The third-order valence-electron chi connectivity index (χ3n) is 3.44. The van der Waals surface area contributed by atoms with Crippen molar-refractivity contribution >= 4 is 21.6 Å². The van der Waals surface area contributed by atoms with Crippen molar-refractivity contribution in [2.24, 2.45) is 5.73 Å². The standard InChI is InChI=1S/C12H16FN3O3S/c1-7-5-8(13)11(6-9(7)14)20(18,19)16-4-2-3-10(16)12(15)17/h5-6,10H,2-4,14H2,1H3,(H2,15,17). The Kier molecular flexibility index (Phi) is 3.70. The van der Waals surface area contributed by atoms with Crippen LogP contribution in [0.15, 0.2) is 17.0 Å². The van der Waals surface area contributed by atoms with Crippen LogP contribution in [0.3, 0.4) is 0 Å². The molecule has 0 saturated carbocycles. The molecule has 4 N–H and O–H groups in total. The molecule has 0 aliphatic carbocycles. The fraction of sp³-hybridized carbons (Fsp3) is 0.417. The molecule has 0 spiro atoms. The van der Waals surface area contributed by atoms with Gasteiger partial charge in [-0.3, -0.25) is 4.79 Å². The smallest absolute Gasteiger partial charge is 0.246 e. The zero-order chi connectivity index (χ0) is 15.1. The number of rotatable bonds is 3. The molecule has 1 aromatic carbocycles. The molecule has 1 aliphatic rings. The van der Waals surface area contributed by atoms with E-state index in [1.54, 1.807) is 6.92 Å². The van der Waals surface area contributed by atoms with Gasteiger partial charge in [0.15, 0.2) is 0 Å².